The molecule has 70 valence electrons. The van der Waals surface area contributed by atoms with Gasteiger partial charge in [-0.05, 0) is 18.5 Å². The van der Waals surface area contributed by atoms with Gasteiger partial charge in [0.1, 0.15) is 0 Å². The third-order valence-electron chi connectivity index (χ3n) is 3.02. The molecule has 0 unspecified atom stereocenters. The van der Waals surface area contributed by atoms with Crippen LogP contribution in [0.2, 0.25) is 0 Å². The van der Waals surface area contributed by atoms with Crippen molar-refractivity contribution in [3.63, 3.8) is 0 Å². The quantitative estimate of drug-likeness (QED) is 0.633. The number of nitrogens with zero attached hydrogens (tertiary/aromatic N) is 1. The lowest BCUT2D eigenvalue weighted by molar-refractivity contribution is 0.401. The highest BCUT2D eigenvalue weighted by Gasteiger charge is 2.27. The molecule has 1 aromatic carbocycles. The van der Waals surface area contributed by atoms with Crippen LogP contribution in [-0.2, 0) is 0 Å². The molecule has 0 saturated carbocycles. The molecule has 0 aromatic heterocycles. The zero-order valence-electron chi connectivity index (χ0n) is 8.40. The van der Waals surface area contributed by atoms with Crippen molar-refractivity contribution in [2.24, 2.45) is 5.92 Å². The third-order valence-corrected chi connectivity index (χ3v) is 3.02. The zero-order chi connectivity index (χ0) is 9.26. The minimum Gasteiger partial charge on any atom is -0.305 e. The van der Waals surface area contributed by atoms with E-state index in [1.54, 1.807) is 0 Å². The molecule has 1 nitrogen and oxygen atoms in total. The Morgan fingerprint density at radius 3 is 2.38 bits per heavy atom. The van der Waals surface area contributed by atoms with Gasteiger partial charge in [-0.15, -0.1) is 0 Å². The van der Waals surface area contributed by atoms with Gasteiger partial charge >= 0.3 is 0 Å². The highest BCUT2D eigenvalue weighted by Crippen LogP contribution is 2.30. The minimum atomic E-state index is 0.742. The fraction of sp³-hybridized carbons (Fsp3) is 0.500. The maximum atomic E-state index is 2.42. The van der Waals surface area contributed by atoms with Crippen molar-refractivity contribution < 1.29 is 0 Å². The van der Waals surface area contributed by atoms with Gasteiger partial charge in [0.15, 0.2) is 0 Å². The van der Waals surface area contributed by atoms with Crippen molar-refractivity contribution in [1.82, 2.24) is 4.90 Å². The molecule has 1 aliphatic heterocycles. The van der Waals surface area contributed by atoms with Crippen molar-refractivity contribution in [2.75, 3.05) is 20.1 Å². The van der Waals surface area contributed by atoms with E-state index < -0.39 is 0 Å². The number of likely N-dealkylation sites (tertiary alicyclic amines) is 1. The summed E-state index contributed by atoms with van der Waals surface area (Å²) in [5.41, 5.74) is 1.50. The second kappa shape index (κ2) is 3.51. The smallest absolute Gasteiger partial charge is 0.00504 e. The van der Waals surface area contributed by atoms with Gasteiger partial charge in [0.05, 0.1) is 0 Å². The maximum absolute atomic E-state index is 2.42. The molecule has 0 N–H and O–H groups in total. The Balaban J connectivity index is 2.18. The van der Waals surface area contributed by atoms with E-state index in [9.17, 15) is 0 Å². The van der Waals surface area contributed by atoms with Crippen molar-refractivity contribution in [3.05, 3.63) is 35.9 Å². The summed E-state index contributed by atoms with van der Waals surface area (Å²) in [7, 11) is 2.21. The summed E-state index contributed by atoms with van der Waals surface area (Å²) in [6, 6.07) is 10.9. The van der Waals surface area contributed by atoms with Gasteiger partial charge in [-0.25, -0.2) is 0 Å². The number of rotatable bonds is 1. The van der Waals surface area contributed by atoms with E-state index in [-0.39, 0.29) is 0 Å². The van der Waals surface area contributed by atoms with Crippen molar-refractivity contribution in [1.29, 1.82) is 0 Å². The van der Waals surface area contributed by atoms with E-state index in [0.717, 1.165) is 11.8 Å². The molecule has 1 aliphatic rings. The molecule has 1 heteroatoms. The van der Waals surface area contributed by atoms with Gasteiger partial charge in [-0.3, -0.25) is 0 Å². The summed E-state index contributed by atoms with van der Waals surface area (Å²) in [5, 5.41) is 0. The van der Waals surface area contributed by atoms with Gasteiger partial charge in [0.25, 0.3) is 0 Å². The Bertz CT molecular complexity index is 268. The molecule has 13 heavy (non-hydrogen) atoms. The highest BCUT2D eigenvalue weighted by atomic mass is 15.1. The molecule has 0 spiro atoms. The van der Waals surface area contributed by atoms with Crippen LogP contribution in [0.25, 0.3) is 0 Å². The van der Waals surface area contributed by atoms with Gasteiger partial charge in [-0.1, -0.05) is 37.3 Å². The largest absolute Gasteiger partial charge is 0.305 e. The molecular weight excluding hydrogens is 158 g/mol. The summed E-state index contributed by atoms with van der Waals surface area (Å²) < 4.78 is 0. The SMILES string of the molecule is C[C@@H]1CN(C)C[C@H]1c1ccccc1. The van der Waals surface area contributed by atoms with E-state index in [2.05, 4.69) is 49.2 Å². The average molecular weight is 175 g/mol. The molecule has 1 fully saturated rings. The van der Waals surface area contributed by atoms with Crippen LogP contribution in [0.15, 0.2) is 30.3 Å². The number of hydrogen-bond acceptors (Lipinski definition) is 1. The predicted octanol–water partition coefficient (Wildman–Crippen LogP) is 2.35. The topological polar surface area (TPSA) is 3.24 Å². The third kappa shape index (κ3) is 1.75. The van der Waals surface area contributed by atoms with E-state index in [1.807, 2.05) is 0 Å². The van der Waals surface area contributed by atoms with Crippen LogP contribution in [0.5, 0.6) is 0 Å². The molecule has 2 atom stereocenters. The van der Waals surface area contributed by atoms with Crippen molar-refractivity contribution >= 4 is 0 Å². The Morgan fingerprint density at radius 2 is 1.85 bits per heavy atom. The van der Waals surface area contributed by atoms with Crippen LogP contribution in [0.3, 0.4) is 0 Å². The fourth-order valence-electron chi connectivity index (χ4n) is 2.34. The highest BCUT2D eigenvalue weighted by molar-refractivity contribution is 5.21. The second-order valence-electron chi connectivity index (χ2n) is 4.22. The average Bonchev–Trinajstić information content (AvgIpc) is 2.47. The Morgan fingerprint density at radius 1 is 1.15 bits per heavy atom. The Labute approximate surface area is 80.4 Å². The predicted molar refractivity (Wildman–Crippen MR) is 55.8 cm³/mol. The summed E-state index contributed by atoms with van der Waals surface area (Å²) in [6.07, 6.45) is 0. The van der Waals surface area contributed by atoms with Gasteiger partial charge in [0.2, 0.25) is 0 Å². The Kier molecular flexibility index (Phi) is 2.36. The molecule has 0 bridgehead atoms. The molecule has 0 radical (unpaired) electrons. The lowest BCUT2D eigenvalue weighted by Gasteiger charge is -2.13. The lowest BCUT2D eigenvalue weighted by atomic mass is 9.90. The van der Waals surface area contributed by atoms with E-state index in [1.165, 1.54) is 18.7 Å². The molecular formula is C12H17N. The number of likely N-dealkylation sites (N-methyl/N-ethyl adjacent to an activating group) is 1. The first-order valence-corrected chi connectivity index (χ1v) is 5.01. The van der Waals surface area contributed by atoms with Crippen molar-refractivity contribution in [2.45, 2.75) is 12.8 Å². The summed E-state index contributed by atoms with van der Waals surface area (Å²) in [6.45, 7) is 4.80. The molecule has 1 aromatic rings. The zero-order valence-corrected chi connectivity index (χ0v) is 8.40. The molecule has 0 aliphatic carbocycles. The first-order chi connectivity index (χ1) is 6.27. The van der Waals surface area contributed by atoms with Crippen LogP contribution in [0.1, 0.15) is 18.4 Å². The van der Waals surface area contributed by atoms with Gasteiger partial charge in [0, 0.05) is 19.0 Å². The normalized spacial score (nSPS) is 29.4. The Hall–Kier alpha value is -0.820. The number of benzene rings is 1. The molecule has 2 rings (SSSR count). The van der Waals surface area contributed by atoms with Crippen LogP contribution in [-0.4, -0.2) is 25.0 Å². The lowest BCUT2D eigenvalue weighted by Crippen LogP contribution is -2.13. The second-order valence-corrected chi connectivity index (χ2v) is 4.22. The van der Waals surface area contributed by atoms with Crippen molar-refractivity contribution in [3.8, 4) is 0 Å². The van der Waals surface area contributed by atoms with Crippen LogP contribution in [0.4, 0.5) is 0 Å². The van der Waals surface area contributed by atoms with Gasteiger partial charge in [-0.2, -0.15) is 0 Å². The summed E-state index contributed by atoms with van der Waals surface area (Å²) >= 11 is 0. The molecule has 1 saturated heterocycles. The fourth-order valence-corrected chi connectivity index (χ4v) is 2.34. The summed E-state index contributed by atoms with van der Waals surface area (Å²) in [5.74, 6) is 1.54. The van der Waals surface area contributed by atoms with Gasteiger partial charge < -0.3 is 4.90 Å². The summed E-state index contributed by atoms with van der Waals surface area (Å²) in [4.78, 5) is 2.42. The maximum Gasteiger partial charge on any atom is 0.00504 e. The van der Waals surface area contributed by atoms with Crippen LogP contribution < -0.4 is 0 Å². The van der Waals surface area contributed by atoms with Crippen LogP contribution >= 0.6 is 0 Å². The standard InChI is InChI=1S/C12H17N/c1-10-8-13(2)9-12(10)11-6-4-3-5-7-11/h3-7,10,12H,8-9H2,1-2H3/t10-,12-/m1/s1. The molecule has 1 heterocycles. The van der Waals surface area contributed by atoms with E-state index in [4.69, 9.17) is 0 Å². The van der Waals surface area contributed by atoms with Crippen LogP contribution in [0, 0.1) is 5.92 Å². The first-order valence-electron chi connectivity index (χ1n) is 5.01. The first kappa shape index (κ1) is 8.76. The van der Waals surface area contributed by atoms with E-state index >= 15 is 0 Å². The minimum absolute atomic E-state index is 0.742. The molecule has 0 amide bonds. The number of hydrogen-bond donors (Lipinski definition) is 0. The van der Waals surface area contributed by atoms with E-state index in [0.29, 0.717) is 0 Å². The monoisotopic (exact) mass is 175 g/mol.